The van der Waals surface area contributed by atoms with Gasteiger partial charge in [-0.05, 0) is 24.3 Å². The minimum Gasteiger partial charge on any atom is -0.234 e. The fraction of sp³-hybridized carbons (Fsp3) is 0. The standard InChI is InChI=1S/C10H4ClFN2/c11-7-3-6-1-2-8(5-13)14-10(6)9(12)4-7/h1-4H. The molecule has 4 heteroatoms. The molecule has 0 radical (unpaired) electrons. The van der Waals surface area contributed by atoms with E-state index >= 15 is 0 Å². The summed E-state index contributed by atoms with van der Waals surface area (Å²) >= 11 is 5.66. The Hall–Kier alpha value is -1.66. The summed E-state index contributed by atoms with van der Waals surface area (Å²) in [4.78, 5) is 3.84. The molecule has 0 aliphatic heterocycles. The van der Waals surface area contributed by atoms with Crippen molar-refractivity contribution in [1.29, 1.82) is 5.26 Å². The monoisotopic (exact) mass is 206 g/mol. The van der Waals surface area contributed by atoms with Gasteiger partial charge in [-0.2, -0.15) is 5.26 Å². The lowest BCUT2D eigenvalue weighted by atomic mass is 10.2. The molecule has 2 rings (SSSR count). The maximum atomic E-state index is 13.3. The molecule has 0 N–H and O–H groups in total. The van der Waals surface area contributed by atoms with Gasteiger partial charge in [0, 0.05) is 10.4 Å². The van der Waals surface area contributed by atoms with E-state index in [4.69, 9.17) is 16.9 Å². The second-order valence-electron chi connectivity index (χ2n) is 2.77. The van der Waals surface area contributed by atoms with Gasteiger partial charge in [-0.1, -0.05) is 11.6 Å². The molecular formula is C10H4ClFN2. The summed E-state index contributed by atoms with van der Waals surface area (Å²) in [5.74, 6) is -0.510. The van der Waals surface area contributed by atoms with E-state index in [1.165, 1.54) is 12.1 Å². The first kappa shape index (κ1) is 8.92. The van der Waals surface area contributed by atoms with E-state index < -0.39 is 5.82 Å². The number of nitrogens with zero attached hydrogens (tertiary/aromatic N) is 2. The van der Waals surface area contributed by atoms with Crippen molar-refractivity contribution in [2.24, 2.45) is 0 Å². The molecule has 0 bridgehead atoms. The number of benzene rings is 1. The maximum absolute atomic E-state index is 13.3. The lowest BCUT2D eigenvalue weighted by Gasteiger charge is -1.99. The van der Waals surface area contributed by atoms with E-state index in [0.29, 0.717) is 10.4 Å². The van der Waals surface area contributed by atoms with Crippen molar-refractivity contribution >= 4 is 22.5 Å². The SMILES string of the molecule is N#Cc1ccc2cc(Cl)cc(F)c2n1. The van der Waals surface area contributed by atoms with Gasteiger partial charge in [-0.15, -0.1) is 0 Å². The highest BCUT2D eigenvalue weighted by atomic mass is 35.5. The molecule has 14 heavy (non-hydrogen) atoms. The Morgan fingerprint density at radius 3 is 2.86 bits per heavy atom. The zero-order valence-corrected chi connectivity index (χ0v) is 7.72. The van der Waals surface area contributed by atoms with Gasteiger partial charge in [-0.25, -0.2) is 9.37 Å². The molecule has 2 nitrogen and oxygen atoms in total. The molecule has 1 heterocycles. The minimum absolute atomic E-state index is 0.174. The molecule has 0 saturated carbocycles. The van der Waals surface area contributed by atoms with Crippen LogP contribution in [0.5, 0.6) is 0 Å². The summed E-state index contributed by atoms with van der Waals surface area (Å²) in [5, 5.41) is 9.49. The van der Waals surface area contributed by atoms with Crippen molar-refractivity contribution in [1.82, 2.24) is 4.98 Å². The van der Waals surface area contributed by atoms with Crippen molar-refractivity contribution in [3.8, 4) is 6.07 Å². The quantitative estimate of drug-likeness (QED) is 0.665. The fourth-order valence-corrected chi connectivity index (χ4v) is 1.43. The third-order valence-electron chi connectivity index (χ3n) is 1.83. The summed E-state index contributed by atoms with van der Waals surface area (Å²) in [6, 6.07) is 7.78. The molecule has 0 saturated heterocycles. The molecule has 1 aromatic heterocycles. The Labute approximate surface area is 84.6 Å². The lowest BCUT2D eigenvalue weighted by Crippen LogP contribution is -1.88. The number of nitriles is 1. The first-order valence-corrected chi connectivity index (χ1v) is 4.24. The Morgan fingerprint density at radius 1 is 1.36 bits per heavy atom. The molecule has 0 unspecified atom stereocenters. The highest BCUT2D eigenvalue weighted by Crippen LogP contribution is 2.21. The van der Waals surface area contributed by atoms with Crippen LogP contribution in [0, 0.1) is 17.1 Å². The zero-order chi connectivity index (χ0) is 10.1. The molecule has 2 aromatic rings. The van der Waals surface area contributed by atoms with E-state index in [1.807, 2.05) is 6.07 Å². The van der Waals surface area contributed by atoms with Crippen molar-refractivity contribution in [2.75, 3.05) is 0 Å². The molecule has 0 atom stereocenters. The Kier molecular flexibility index (Phi) is 2.06. The van der Waals surface area contributed by atoms with Crippen molar-refractivity contribution in [3.63, 3.8) is 0 Å². The van der Waals surface area contributed by atoms with Gasteiger partial charge < -0.3 is 0 Å². The highest BCUT2D eigenvalue weighted by molar-refractivity contribution is 6.31. The first-order valence-electron chi connectivity index (χ1n) is 3.86. The van der Waals surface area contributed by atoms with Crippen LogP contribution in [0.1, 0.15) is 5.69 Å². The van der Waals surface area contributed by atoms with Crippen LogP contribution >= 0.6 is 11.6 Å². The van der Waals surface area contributed by atoms with E-state index in [2.05, 4.69) is 4.98 Å². The maximum Gasteiger partial charge on any atom is 0.150 e. The molecule has 0 fully saturated rings. The summed E-state index contributed by atoms with van der Waals surface area (Å²) < 4.78 is 13.3. The van der Waals surface area contributed by atoms with Crippen LogP contribution in [0.3, 0.4) is 0 Å². The highest BCUT2D eigenvalue weighted by Gasteiger charge is 2.05. The van der Waals surface area contributed by atoms with Crippen LogP contribution in [-0.2, 0) is 0 Å². The summed E-state index contributed by atoms with van der Waals surface area (Å²) in [6.07, 6.45) is 0. The number of hydrogen-bond acceptors (Lipinski definition) is 2. The predicted octanol–water partition coefficient (Wildman–Crippen LogP) is 2.90. The van der Waals surface area contributed by atoms with Gasteiger partial charge in [0.2, 0.25) is 0 Å². The fourth-order valence-electron chi connectivity index (χ4n) is 1.22. The van der Waals surface area contributed by atoms with Gasteiger partial charge in [0.1, 0.15) is 17.3 Å². The van der Waals surface area contributed by atoms with Crippen molar-refractivity contribution in [3.05, 3.63) is 40.8 Å². The van der Waals surface area contributed by atoms with E-state index in [1.54, 1.807) is 12.1 Å². The number of fused-ring (bicyclic) bond motifs is 1. The number of pyridine rings is 1. The topological polar surface area (TPSA) is 36.7 Å². The van der Waals surface area contributed by atoms with E-state index in [0.717, 1.165) is 0 Å². The molecule has 0 spiro atoms. The van der Waals surface area contributed by atoms with Gasteiger partial charge in [0.25, 0.3) is 0 Å². The average Bonchev–Trinajstić information content (AvgIpc) is 2.17. The van der Waals surface area contributed by atoms with Gasteiger partial charge in [0.15, 0.2) is 5.82 Å². The molecule has 0 aliphatic rings. The third-order valence-corrected chi connectivity index (χ3v) is 2.04. The van der Waals surface area contributed by atoms with Crippen LogP contribution in [-0.4, -0.2) is 4.98 Å². The Bertz CT molecular complexity index is 546. The van der Waals surface area contributed by atoms with Gasteiger partial charge >= 0.3 is 0 Å². The van der Waals surface area contributed by atoms with E-state index in [9.17, 15) is 4.39 Å². The molecular weight excluding hydrogens is 203 g/mol. The van der Waals surface area contributed by atoms with Crippen molar-refractivity contribution in [2.45, 2.75) is 0 Å². The number of rotatable bonds is 0. The third kappa shape index (κ3) is 1.40. The largest absolute Gasteiger partial charge is 0.234 e. The van der Waals surface area contributed by atoms with Crippen LogP contribution in [0.2, 0.25) is 5.02 Å². The predicted molar refractivity (Wildman–Crippen MR) is 51.4 cm³/mol. The van der Waals surface area contributed by atoms with Crippen LogP contribution < -0.4 is 0 Å². The van der Waals surface area contributed by atoms with Gasteiger partial charge in [0.05, 0.1) is 0 Å². The second-order valence-corrected chi connectivity index (χ2v) is 3.20. The summed E-state index contributed by atoms with van der Waals surface area (Å²) in [5.41, 5.74) is 0.368. The van der Waals surface area contributed by atoms with Crippen molar-refractivity contribution < 1.29 is 4.39 Å². The van der Waals surface area contributed by atoms with Crippen LogP contribution in [0.25, 0.3) is 10.9 Å². The summed E-state index contributed by atoms with van der Waals surface area (Å²) in [7, 11) is 0. The Balaban J connectivity index is 2.84. The zero-order valence-electron chi connectivity index (χ0n) is 6.96. The minimum atomic E-state index is -0.510. The Morgan fingerprint density at radius 2 is 2.14 bits per heavy atom. The number of aromatic nitrogens is 1. The average molecular weight is 207 g/mol. The smallest absolute Gasteiger partial charge is 0.150 e. The number of halogens is 2. The lowest BCUT2D eigenvalue weighted by molar-refractivity contribution is 0.637. The second kappa shape index (κ2) is 3.24. The van der Waals surface area contributed by atoms with Crippen LogP contribution in [0.15, 0.2) is 24.3 Å². The normalized spacial score (nSPS) is 10.1. The molecule has 1 aromatic carbocycles. The molecule has 0 aliphatic carbocycles. The molecule has 0 amide bonds. The van der Waals surface area contributed by atoms with Crippen LogP contribution in [0.4, 0.5) is 4.39 Å². The first-order chi connectivity index (χ1) is 6.70. The van der Waals surface area contributed by atoms with Gasteiger partial charge in [-0.3, -0.25) is 0 Å². The molecule has 68 valence electrons. The van der Waals surface area contributed by atoms with E-state index in [-0.39, 0.29) is 11.2 Å². The number of hydrogen-bond donors (Lipinski definition) is 0. The summed E-state index contributed by atoms with van der Waals surface area (Å²) in [6.45, 7) is 0.